The van der Waals surface area contributed by atoms with E-state index in [1.807, 2.05) is 30.3 Å². The van der Waals surface area contributed by atoms with Crippen LogP contribution in [0, 0.1) is 0 Å². The molecule has 2 heterocycles. The lowest BCUT2D eigenvalue weighted by Gasteiger charge is -2.25. The zero-order valence-electron chi connectivity index (χ0n) is 11.9. The molecule has 3 aromatic rings. The minimum atomic E-state index is -0.304. The molecule has 4 nitrogen and oxygen atoms in total. The van der Waals surface area contributed by atoms with E-state index < -0.39 is 0 Å². The minimum absolute atomic E-state index is 0.0292. The van der Waals surface area contributed by atoms with E-state index in [9.17, 15) is 9.59 Å². The van der Waals surface area contributed by atoms with Crippen molar-refractivity contribution in [2.75, 3.05) is 0 Å². The minimum Gasteiger partial charge on any atom is -0.462 e. The normalized spacial score (nSPS) is 16.9. The van der Waals surface area contributed by atoms with Crippen molar-refractivity contribution in [3.05, 3.63) is 75.1 Å². The highest BCUT2D eigenvalue weighted by molar-refractivity contribution is 6.30. The van der Waals surface area contributed by atoms with Crippen LogP contribution < -0.4 is 10.2 Å². The Balaban J connectivity index is 2.05. The molecule has 0 bridgehead atoms. The van der Waals surface area contributed by atoms with Gasteiger partial charge in [-0.3, -0.25) is 9.59 Å². The molecule has 0 unspecified atom stereocenters. The van der Waals surface area contributed by atoms with Crippen LogP contribution in [0.4, 0.5) is 0 Å². The van der Waals surface area contributed by atoms with E-state index in [2.05, 4.69) is 0 Å². The van der Waals surface area contributed by atoms with Gasteiger partial charge in [0.15, 0.2) is 0 Å². The van der Waals surface area contributed by atoms with Gasteiger partial charge in [-0.2, -0.15) is 0 Å². The molecule has 1 atom stereocenters. The van der Waals surface area contributed by atoms with Crippen molar-refractivity contribution in [1.29, 1.82) is 0 Å². The SMILES string of the molecule is O=C1C[C@H](c2ccccc2)c2c(ccc3c(=O)c(Cl)coc23)O1. The topological polar surface area (TPSA) is 56.5 Å². The van der Waals surface area contributed by atoms with E-state index in [-0.39, 0.29) is 28.8 Å². The summed E-state index contributed by atoms with van der Waals surface area (Å²) in [6.45, 7) is 0. The first-order valence-corrected chi connectivity index (χ1v) is 7.52. The molecule has 0 saturated carbocycles. The average Bonchev–Trinajstić information content (AvgIpc) is 2.57. The summed E-state index contributed by atoms with van der Waals surface area (Å²) in [4.78, 5) is 24.2. The molecule has 1 aromatic heterocycles. The Morgan fingerprint density at radius 1 is 1.04 bits per heavy atom. The Bertz CT molecular complexity index is 975. The summed E-state index contributed by atoms with van der Waals surface area (Å²) >= 11 is 5.86. The highest BCUT2D eigenvalue weighted by atomic mass is 35.5. The Kier molecular flexibility index (Phi) is 3.20. The van der Waals surface area contributed by atoms with Gasteiger partial charge < -0.3 is 9.15 Å². The van der Waals surface area contributed by atoms with Gasteiger partial charge >= 0.3 is 5.97 Å². The molecule has 23 heavy (non-hydrogen) atoms. The van der Waals surface area contributed by atoms with Gasteiger partial charge in [-0.1, -0.05) is 41.9 Å². The second-order valence-electron chi connectivity index (χ2n) is 5.41. The zero-order chi connectivity index (χ0) is 16.0. The van der Waals surface area contributed by atoms with Crippen LogP contribution in [0.2, 0.25) is 5.02 Å². The molecule has 1 aliphatic rings. The molecule has 1 aliphatic heterocycles. The smallest absolute Gasteiger partial charge is 0.312 e. The maximum atomic E-state index is 12.2. The van der Waals surface area contributed by atoms with Gasteiger partial charge in [0.05, 0.1) is 11.8 Å². The summed E-state index contributed by atoms with van der Waals surface area (Å²) in [7, 11) is 0. The average molecular weight is 327 g/mol. The number of carbonyl (C=O) groups is 1. The van der Waals surface area contributed by atoms with Gasteiger partial charge in [-0.15, -0.1) is 0 Å². The monoisotopic (exact) mass is 326 g/mol. The first kappa shape index (κ1) is 14.0. The van der Waals surface area contributed by atoms with Crippen LogP contribution in [-0.2, 0) is 4.79 Å². The lowest BCUT2D eigenvalue weighted by atomic mass is 9.85. The van der Waals surface area contributed by atoms with Crippen molar-refractivity contribution in [2.24, 2.45) is 0 Å². The van der Waals surface area contributed by atoms with Crippen molar-refractivity contribution in [2.45, 2.75) is 12.3 Å². The van der Waals surface area contributed by atoms with Crippen LogP contribution in [0.15, 0.2) is 57.9 Å². The second kappa shape index (κ2) is 5.25. The van der Waals surface area contributed by atoms with Gasteiger partial charge in [-0.05, 0) is 17.7 Å². The van der Waals surface area contributed by atoms with Gasteiger partial charge in [0.2, 0.25) is 5.43 Å². The fourth-order valence-electron chi connectivity index (χ4n) is 3.00. The van der Waals surface area contributed by atoms with E-state index >= 15 is 0 Å². The summed E-state index contributed by atoms with van der Waals surface area (Å²) in [6, 6.07) is 12.8. The molecule has 0 spiro atoms. The van der Waals surface area contributed by atoms with Crippen LogP contribution >= 0.6 is 11.6 Å². The van der Waals surface area contributed by atoms with E-state index in [4.69, 9.17) is 20.8 Å². The Morgan fingerprint density at radius 2 is 1.83 bits per heavy atom. The van der Waals surface area contributed by atoms with Crippen LogP contribution in [0.1, 0.15) is 23.5 Å². The Labute approximate surface area is 136 Å². The summed E-state index contributed by atoms with van der Waals surface area (Å²) in [5, 5.41) is 0.414. The van der Waals surface area contributed by atoms with Crippen LogP contribution in [0.25, 0.3) is 11.0 Å². The number of hydrogen-bond donors (Lipinski definition) is 0. The summed E-state index contributed by atoms with van der Waals surface area (Å²) in [6.07, 6.45) is 1.42. The molecule has 4 rings (SSSR count). The number of halogens is 1. The van der Waals surface area contributed by atoms with Crippen LogP contribution in [0.5, 0.6) is 5.75 Å². The molecule has 0 fully saturated rings. The molecular weight excluding hydrogens is 316 g/mol. The number of carbonyl (C=O) groups excluding carboxylic acids is 1. The number of fused-ring (bicyclic) bond motifs is 3. The van der Waals surface area contributed by atoms with E-state index in [1.54, 1.807) is 12.1 Å². The number of benzene rings is 2. The summed E-state index contributed by atoms with van der Waals surface area (Å²) in [5.74, 6) is -0.101. The van der Waals surface area contributed by atoms with E-state index in [0.29, 0.717) is 22.3 Å². The third kappa shape index (κ3) is 2.23. The van der Waals surface area contributed by atoms with Crippen LogP contribution in [0.3, 0.4) is 0 Å². The molecular formula is C18H11ClO4. The molecule has 0 radical (unpaired) electrons. The van der Waals surface area contributed by atoms with Gasteiger partial charge in [-0.25, -0.2) is 0 Å². The fraction of sp³-hybridized carbons (Fsp3) is 0.111. The molecule has 0 saturated heterocycles. The molecule has 2 aromatic carbocycles. The van der Waals surface area contributed by atoms with E-state index in [1.165, 1.54) is 6.26 Å². The number of ether oxygens (including phenoxy) is 1. The van der Waals surface area contributed by atoms with Gasteiger partial charge in [0, 0.05) is 11.5 Å². The third-order valence-corrected chi connectivity index (χ3v) is 4.30. The largest absolute Gasteiger partial charge is 0.462 e. The lowest BCUT2D eigenvalue weighted by Crippen LogP contribution is -2.21. The maximum Gasteiger partial charge on any atom is 0.312 e. The second-order valence-corrected chi connectivity index (χ2v) is 5.82. The highest BCUT2D eigenvalue weighted by Crippen LogP contribution is 2.42. The fourth-order valence-corrected chi connectivity index (χ4v) is 3.15. The lowest BCUT2D eigenvalue weighted by molar-refractivity contribution is -0.135. The summed E-state index contributed by atoms with van der Waals surface area (Å²) < 4.78 is 10.9. The van der Waals surface area contributed by atoms with Crippen molar-refractivity contribution < 1.29 is 13.9 Å². The highest BCUT2D eigenvalue weighted by Gasteiger charge is 2.31. The van der Waals surface area contributed by atoms with E-state index in [0.717, 1.165) is 5.56 Å². The predicted octanol–water partition coefficient (Wildman–Crippen LogP) is 3.89. The van der Waals surface area contributed by atoms with Crippen LogP contribution in [-0.4, -0.2) is 5.97 Å². The standard InChI is InChI=1S/C18H11ClO4/c19-13-9-22-18-11(17(13)21)6-7-14-16(18)12(8-15(20)23-14)10-4-2-1-3-5-10/h1-7,9,12H,8H2/t12-/m1/s1. The van der Waals surface area contributed by atoms with Gasteiger partial charge in [0.1, 0.15) is 22.6 Å². The first-order valence-electron chi connectivity index (χ1n) is 7.14. The molecule has 0 N–H and O–H groups in total. The van der Waals surface area contributed by atoms with Crippen molar-refractivity contribution >= 4 is 28.5 Å². The van der Waals surface area contributed by atoms with Gasteiger partial charge in [0.25, 0.3) is 0 Å². The maximum absolute atomic E-state index is 12.2. The quantitative estimate of drug-likeness (QED) is 0.503. The number of esters is 1. The Morgan fingerprint density at radius 3 is 2.61 bits per heavy atom. The zero-order valence-corrected chi connectivity index (χ0v) is 12.7. The third-order valence-electron chi connectivity index (χ3n) is 4.04. The first-order chi connectivity index (χ1) is 11.1. The number of rotatable bonds is 1. The van der Waals surface area contributed by atoms with Crippen molar-refractivity contribution in [3.8, 4) is 5.75 Å². The molecule has 0 aliphatic carbocycles. The molecule has 114 valence electrons. The summed E-state index contributed by atoms with van der Waals surface area (Å²) in [5.41, 5.74) is 1.80. The predicted molar refractivity (Wildman–Crippen MR) is 86.0 cm³/mol. The number of hydrogen-bond acceptors (Lipinski definition) is 4. The van der Waals surface area contributed by atoms with Crippen molar-refractivity contribution in [3.63, 3.8) is 0 Å². The Hall–Kier alpha value is -2.59. The molecule has 0 amide bonds. The molecule has 5 heteroatoms. The van der Waals surface area contributed by atoms with Crippen molar-refractivity contribution in [1.82, 2.24) is 0 Å².